The van der Waals surface area contributed by atoms with Crippen LogP contribution in [0.5, 0.6) is 0 Å². The van der Waals surface area contributed by atoms with Gasteiger partial charge in [0.25, 0.3) is 6.43 Å². The fourth-order valence-corrected chi connectivity index (χ4v) is 4.58. The van der Waals surface area contributed by atoms with E-state index in [0.717, 1.165) is 18.4 Å². The van der Waals surface area contributed by atoms with Crippen LogP contribution in [0.4, 0.5) is 8.78 Å². The quantitative estimate of drug-likeness (QED) is 0.500. The first-order valence-electron chi connectivity index (χ1n) is 10.3. The van der Waals surface area contributed by atoms with Crippen LogP contribution >= 0.6 is 0 Å². The van der Waals surface area contributed by atoms with E-state index < -0.39 is 16.3 Å². The van der Waals surface area contributed by atoms with Crippen molar-refractivity contribution >= 4 is 15.8 Å². The summed E-state index contributed by atoms with van der Waals surface area (Å²) in [5.41, 5.74) is 1.06. The second-order valence-electron chi connectivity index (χ2n) is 8.70. The zero-order valence-electron chi connectivity index (χ0n) is 18.3. The number of halogens is 2. The summed E-state index contributed by atoms with van der Waals surface area (Å²) in [6, 6.07) is 7.18. The molecule has 0 bridgehead atoms. The van der Waals surface area contributed by atoms with E-state index in [9.17, 15) is 17.2 Å². The van der Waals surface area contributed by atoms with Crippen molar-refractivity contribution in [3.8, 4) is 0 Å². The normalized spacial score (nSPS) is 17.4. The standard InChI is InChI=1S/C21H34F2N4O2S/c1-21(2,3)16-5-7-18(8-6-16)30(28,29)14-11-25-20(24-4)26-17-9-12-27(13-10-17)15-19(22)23/h5-8,17,19H,9-15H2,1-4H3,(H2,24,25,26). The summed E-state index contributed by atoms with van der Waals surface area (Å²) in [5, 5.41) is 6.31. The predicted octanol–water partition coefficient (Wildman–Crippen LogP) is 2.65. The van der Waals surface area contributed by atoms with Crippen molar-refractivity contribution in [3.63, 3.8) is 0 Å². The molecule has 0 radical (unpaired) electrons. The lowest BCUT2D eigenvalue weighted by Gasteiger charge is -2.32. The molecule has 0 saturated carbocycles. The summed E-state index contributed by atoms with van der Waals surface area (Å²) in [7, 11) is -1.78. The van der Waals surface area contributed by atoms with Gasteiger partial charge in [-0.05, 0) is 36.0 Å². The molecular formula is C21H34F2N4O2S. The van der Waals surface area contributed by atoms with Crippen LogP contribution in [-0.4, -0.2) is 70.7 Å². The topological polar surface area (TPSA) is 73.8 Å². The molecule has 1 fully saturated rings. The van der Waals surface area contributed by atoms with Crippen molar-refractivity contribution in [3.05, 3.63) is 29.8 Å². The summed E-state index contributed by atoms with van der Waals surface area (Å²) in [6.07, 6.45) is -0.826. The van der Waals surface area contributed by atoms with Crippen LogP contribution in [0, 0.1) is 0 Å². The molecular weight excluding hydrogens is 410 g/mol. The number of guanidine groups is 1. The minimum Gasteiger partial charge on any atom is -0.355 e. The van der Waals surface area contributed by atoms with E-state index in [1.807, 2.05) is 12.1 Å². The van der Waals surface area contributed by atoms with Crippen molar-refractivity contribution in [1.82, 2.24) is 15.5 Å². The Morgan fingerprint density at radius 1 is 1.20 bits per heavy atom. The number of nitrogens with one attached hydrogen (secondary N) is 2. The molecule has 0 amide bonds. The Balaban J connectivity index is 1.81. The Kier molecular flexibility index (Phi) is 8.61. The van der Waals surface area contributed by atoms with Gasteiger partial charge in [0, 0.05) is 32.7 Å². The van der Waals surface area contributed by atoms with Gasteiger partial charge in [0.1, 0.15) is 0 Å². The maximum atomic E-state index is 12.6. The van der Waals surface area contributed by atoms with Crippen molar-refractivity contribution in [1.29, 1.82) is 0 Å². The first-order chi connectivity index (χ1) is 14.0. The van der Waals surface area contributed by atoms with Gasteiger partial charge in [-0.3, -0.25) is 9.89 Å². The van der Waals surface area contributed by atoms with Crippen LogP contribution in [0.2, 0.25) is 0 Å². The molecule has 6 nitrogen and oxygen atoms in total. The summed E-state index contributed by atoms with van der Waals surface area (Å²) in [6.45, 7) is 7.52. The molecule has 30 heavy (non-hydrogen) atoms. The minimum absolute atomic E-state index is 0.0301. The molecule has 2 rings (SSSR count). The first-order valence-corrected chi connectivity index (χ1v) is 12.0. The van der Waals surface area contributed by atoms with E-state index >= 15 is 0 Å². The highest BCUT2D eigenvalue weighted by Gasteiger charge is 2.22. The van der Waals surface area contributed by atoms with Crippen LogP contribution in [0.3, 0.4) is 0 Å². The molecule has 9 heteroatoms. The number of benzene rings is 1. The summed E-state index contributed by atoms with van der Waals surface area (Å²) < 4.78 is 50.2. The van der Waals surface area contributed by atoms with Gasteiger partial charge in [0.15, 0.2) is 15.8 Å². The lowest BCUT2D eigenvalue weighted by atomic mass is 9.87. The number of hydrogen-bond acceptors (Lipinski definition) is 4. The van der Waals surface area contributed by atoms with E-state index in [-0.39, 0.29) is 30.3 Å². The molecule has 0 aliphatic carbocycles. The van der Waals surface area contributed by atoms with Crippen LogP contribution in [-0.2, 0) is 15.3 Å². The number of likely N-dealkylation sites (tertiary alicyclic amines) is 1. The number of sulfone groups is 1. The molecule has 1 saturated heterocycles. The molecule has 1 aromatic carbocycles. The van der Waals surface area contributed by atoms with Crippen molar-refractivity contribution < 1.29 is 17.2 Å². The molecule has 2 N–H and O–H groups in total. The zero-order chi connectivity index (χ0) is 22.4. The fourth-order valence-electron chi connectivity index (χ4n) is 3.43. The largest absolute Gasteiger partial charge is 0.355 e. The van der Waals surface area contributed by atoms with Gasteiger partial charge in [0.2, 0.25) is 0 Å². The summed E-state index contributed by atoms with van der Waals surface area (Å²) in [5.74, 6) is 0.482. The number of nitrogens with zero attached hydrogens (tertiary/aromatic N) is 2. The number of aliphatic imine (C=N–C) groups is 1. The fraction of sp³-hybridized carbons (Fsp3) is 0.667. The Bertz CT molecular complexity index is 797. The van der Waals surface area contributed by atoms with Crippen molar-refractivity contribution in [2.45, 2.75) is 56.4 Å². The third-order valence-corrected chi connectivity index (χ3v) is 7.02. The van der Waals surface area contributed by atoms with Gasteiger partial charge in [0.05, 0.1) is 17.2 Å². The van der Waals surface area contributed by atoms with Gasteiger partial charge in [-0.1, -0.05) is 32.9 Å². The minimum atomic E-state index is -3.40. The van der Waals surface area contributed by atoms with E-state index in [4.69, 9.17) is 0 Å². The lowest BCUT2D eigenvalue weighted by Crippen LogP contribution is -2.49. The summed E-state index contributed by atoms with van der Waals surface area (Å²) >= 11 is 0. The van der Waals surface area contributed by atoms with E-state index in [1.54, 1.807) is 24.1 Å². The Morgan fingerprint density at radius 3 is 2.30 bits per heavy atom. The second-order valence-corrected chi connectivity index (χ2v) is 10.8. The lowest BCUT2D eigenvalue weighted by molar-refractivity contribution is 0.0744. The van der Waals surface area contributed by atoms with Crippen molar-refractivity contribution in [2.75, 3.05) is 39.0 Å². The number of hydrogen-bond donors (Lipinski definition) is 2. The molecule has 0 spiro atoms. The molecule has 0 aromatic heterocycles. The SMILES string of the molecule is CN=C(NCCS(=O)(=O)c1ccc(C(C)(C)C)cc1)NC1CCN(CC(F)F)CC1. The van der Waals surface area contributed by atoms with Crippen LogP contribution in [0.1, 0.15) is 39.2 Å². The molecule has 1 aromatic rings. The smallest absolute Gasteiger partial charge is 0.251 e. The average molecular weight is 445 g/mol. The number of piperidine rings is 1. The van der Waals surface area contributed by atoms with E-state index in [2.05, 4.69) is 36.4 Å². The van der Waals surface area contributed by atoms with Crippen LogP contribution < -0.4 is 10.6 Å². The Morgan fingerprint density at radius 2 is 1.80 bits per heavy atom. The highest BCUT2D eigenvalue weighted by atomic mass is 32.2. The third-order valence-electron chi connectivity index (χ3n) is 5.29. The van der Waals surface area contributed by atoms with Gasteiger partial charge < -0.3 is 10.6 Å². The highest BCUT2D eigenvalue weighted by Crippen LogP contribution is 2.23. The molecule has 1 aliphatic rings. The molecule has 0 atom stereocenters. The third kappa shape index (κ3) is 7.50. The average Bonchev–Trinajstić information content (AvgIpc) is 2.67. The van der Waals surface area contributed by atoms with Crippen molar-refractivity contribution in [2.24, 2.45) is 4.99 Å². The van der Waals surface area contributed by atoms with Gasteiger partial charge in [-0.15, -0.1) is 0 Å². The number of rotatable bonds is 7. The van der Waals surface area contributed by atoms with Crippen LogP contribution in [0.25, 0.3) is 0 Å². The van der Waals surface area contributed by atoms with Gasteiger partial charge in [-0.2, -0.15) is 0 Å². The van der Waals surface area contributed by atoms with Gasteiger partial charge in [-0.25, -0.2) is 17.2 Å². The summed E-state index contributed by atoms with van der Waals surface area (Å²) in [4.78, 5) is 6.22. The maximum absolute atomic E-state index is 12.6. The molecule has 1 heterocycles. The molecule has 0 unspecified atom stereocenters. The number of alkyl halides is 2. The maximum Gasteiger partial charge on any atom is 0.251 e. The Hall–Kier alpha value is -1.74. The molecule has 1 aliphatic heterocycles. The van der Waals surface area contributed by atoms with Gasteiger partial charge >= 0.3 is 0 Å². The highest BCUT2D eigenvalue weighted by molar-refractivity contribution is 7.91. The zero-order valence-corrected chi connectivity index (χ0v) is 19.1. The van der Waals surface area contributed by atoms with E-state index in [0.29, 0.717) is 23.9 Å². The monoisotopic (exact) mass is 444 g/mol. The van der Waals surface area contributed by atoms with E-state index in [1.165, 1.54) is 0 Å². The second kappa shape index (κ2) is 10.5. The first kappa shape index (κ1) is 24.5. The van der Waals surface area contributed by atoms with Crippen LogP contribution in [0.15, 0.2) is 34.2 Å². The Labute approximate surface area is 179 Å². The molecule has 170 valence electrons. The predicted molar refractivity (Wildman–Crippen MR) is 117 cm³/mol.